The van der Waals surface area contributed by atoms with Crippen molar-refractivity contribution in [1.82, 2.24) is 0 Å². The monoisotopic (exact) mass is 376 g/mol. The first-order valence-electron chi connectivity index (χ1n) is 8.70. The molecule has 0 aromatic heterocycles. The Labute approximate surface area is 159 Å². The van der Waals surface area contributed by atoms with Gasteiger partial charge in [0.15, 0.2) is 12.4 Å². The van der Waals surface area contributed by atoms with Crippen LogP contribution in [0.3, 0.4) is 0 Å². The topological polar surface area (TPSA) is 43.4 Å². The Kier molecular flexibility index (Phi) is 6.05. The van der Waals surface area contributed by atoms with Gasteiger partial charge < -0.3 is 4.74 Å². The summed E-state index contributed by atoms with van der Waals surface area (Å²) in [4.78, 5) is 23.9. The van der Waals surface area contributed by atoms with Crippen LogP contribution in [0.15, 0.2) is 91.0 Å². The fraction of sp³-hybridized carbons (Fsp3) is 0.0870. The van der Waals surface area contributed by atoms with Gasteiger partial charge in [-0.3, -0.25) is 9.59 Å². The molecule has 0 spiro atoms. The Balaban J connectivity index is 2.29. The van der Waals surface area contributed by atoms with Crippen LogP contribution in [0.1, 0.15) is 6.92 Å². The molecule has 0 atom stereocenters. The van der Waals surface area contributed by atoms with Gasteiger partial charge >= 0.3 is 5.97 Å². The highest BCUT2D eigenvalue weighted by molar-refractivity contribution is 7.95. The van der Waals surface area contributed by atoms with Crippen molar-refractivity contribution in [2.75, 3.05) is 6.61 Å². The molecule has 0 saturated carbocycles. The van der Waals surface area contributed by atoms with Crippen molar-refractivity contribution in [3.8, 4) is 0 Å². The minimum absolute atomic E-state index is 0.199. The van der Waals surface area contributed by atoms with Gasteiger partial charge in [0.1, 0.15) is 0 Å². The maximum absolute atomic E-state index is 12.8. The fourth-order valence-corrected chi connectivity index (χ4v) is 6.86. The summed E-state index contributed by atoms with van der Waals surface area (Å²) in [5.41, 5.74) is 0. The van der Waals surface area contributed by atoms with Crippen molar-refractivity contribution in [2.45, 2.75) is 6.92 Å². The van der Waals surface area contributed by atoms with E-state index in [2.05, 4.69) is 36.4 Å². The highest BCUT2D eigenvalue weighted by Gasteiger charge is 2.26. The summed E-state index contributed by atoms with van der Waals surface area (Å²) in [6.07, 6.45) is 0. The fourth-order valence-electron chi connectivity index (χ4n) is 3.09. The van der Waals surface area contributed by atoms with Gasteiger partial charge in [-0.2, -0.15) is 0 Å². The third-order valence-electron chi connectivity index (χ3n) is 4.25. The molecule has 3 aromatic carbocycles. The molecule has 0 fully saturated rings. The van der Waals surface area contributed by atoms with E-state index in [-0.39, 0.29) is 12.4 Å². The lowest BCUT2D eigenvalue weighted by atomic mass is 10.4. The van der Waals surface area contributed by atoms with Crippen LogP contribution in [0.4, 0.5) is 0 Å². The molecular weight excluding hydrogens is 355 g/mol. The highest BCUT2D eigenvalue weighted by atomic mass is 31.2. The van der Waals surface area contributed by atoms with Crippen molar-refractivity contribution in [1.29, 1.82) is 0 Å². The van der Waals surface area contributed by atoms with Crippen LogP contribution >= 0.6 is 6.89 Å². The van der Waals surface area contributed by atoms with Gasteiger partial charge in [0.25, 0.3) is 0 Å². The molecule has 27 heavy (non-hydrogen) atoms. The molecule has 0 aliphatic heterocycles. The van der Waals surface area contributed by atoms with Gasteiger partial charge in [-0.1, -0.05) is 91.0 Å². The number of ketones is 1. The number of hydrogen-bond acceptors (Lipinski definition) is 3. The normalized spacial score (nSPS) is 10.9. The van der Waals surface area contributed by atoms with E-state index in [0.717, 1.165) is 15.9 Å². The predicted molar refractivity (Wildman–Crippen MR) is 113 cm³/mol. The van der Waals surface area contributed by atoms with E-state index >= 15 is 0 Å². The first kappa shape index (κ1) is 18.9. The third kappa shape index (κ3) is 4.27. The summed E-state index contributed by atoms with van der Waals surface area (Å²) >= 11 is 0. The second-order valence-electron chi connectivity index (χ2n) is 6.11. The number of rotatable bonds is 6. The number of hydrogen-bond donors (Lipinski definition) is 0. The molecule has 0 bridgehead atoms. The number of benzene rings is 3. The van der Waals surface area contributed by atoms with E-state index in [1.807, 2.05) is 54.6 Å². The van der Waals surface area contributed by atoms with E-state index in [9.17, 15) is 9.59 Å². The third-order valence-corrected chi connectivity index (χ3v) is 8.26. The molecule has 0 aliphatic rings. The molecule has 0 N–H and O–H groups in total. The number of carbonyl (C=O) groups excluding carboxylic acids is 2. The van der Waals surface area contributed by atoms with Crippen molar-refractivity contribution >= 4 is 40.3 Å². The predicted octanol–water partition coefficient (Wildman–Crippen LogP) is 2.91. The van der Waals surface area contributed by atoms with Gasteiger partial charge in [0, 0.05) is 6.92 Å². The molecule has 0 amide bonds. The lowest BCUT2D eigenvalue weighted by Crippen LogP contribution is -2.29. The van der Waals surface area contributed by atoms with Gasteiger partial charge in [0.05, 0.1) is 0 Å². The second-order valence-corrected chi connectivity index (χ2v) is 9.36. The molecule has 0 aliphatic carbocycles. The Morgan fingerprint density at radius 2 is 1.11 bits per heavy atom. The molecule has 0 heterocycles. The molecule has 0 saturated heterocycles. The van der Waals surface area contributed by atoms with E-state index in [0.29, 0.717) is 0 Å². The Bertz CT molecular complexity index is 861. The van der Waals surface area contributed by atoms with E-state index in [1.165, 1.54) is 6.92 Å². The molecule has 3 nitrogen and oxygen atoms in total. The molecule has 0 unspecified atom stereocenters. The van der Waals surface area contributed by atoms with Crippen LogP contribution in [0.2, 0.25) is 0 Å². The van der Waals surface area contributed by atoms with Crippen molar-refractivity contribution < 1.29 is 14.3 Å². The smallest absolute Gasteiger partial charge is 0.303 e. The van der Waals surface area contributed by atoms with E-state index in [1.54, 1.807) is 5.80 Å². The number of ether oxygens (including phenoxy) is 1. The van der Waals surface area contributed by atoms with Gasteiger partial charge in [-0.25, -0.2) is 0 Å². The molecule has 3 rings (SSSR count). The Morgan fingerprint density at radius 3 is 1.44 bits per heavy atom. The summed E-state index contributed by atoms with van der Waals surface area (Å²) in [6, 6.07) is 30.2. The minimum Gasteiger partial charge on any atom is -0.457 e. The average Bonchev–Trinajstić information content (AvgIpc) is 2.72. The largest absolute Gasteiger partial charge is 0.457 e. The van der Waals surface area contributed by atoms with E-state index in [4.69, 9.17) is 4.74 Å². The molecular formula is C23H21O3P. The van der Waals surface area contributed by atoms with Crippen molar-refractivity contribution in [3.63, 3.8) is 0 Å². The van der Waals surface area contributed by atoms with Crippen LogP contribution in [0, 0.1) is 0 Å². The zero-order valence-corrected chi connectivity index (χ0v) is 16.0. The molecule has 0 radical (unpaired) electrons. The first-order valence-corrected chi connectivity index (χ1v) is 10.6. The lowest BCUT2D eigenvalue weighted by Gasteiger charge is -2.28. The number of carbonyl (C=O) groups is 2. The van der Waals surface area contributed by atoms with Crippen LogP contribution < -0.4 is 15.9 Å². The van der Waals surface area contributed by atoms with Gasteiger partial charge in [0.2, 0.25) is 0 Å². The molecule has 136 valence electrons. The average molecular weight is 376 g/mol. The Morgan fingerprint density at radius 1 is 0.741 bits per heavy atom. The number of Topliss-reactive ketones (excluding diaryl/α,β-unsaturated/α-hetero) is 1. The minimum atomic E-state index is -2.34. The Hall–Kier alpha value is -2.90. The van der Waals surface area contributed by atoms with Crippen LogP contribution in [-0.2, 0) is 14.3 Å². The molecule has 4 heteroatoms. The van der Waals surface area contributed by atoms with Crippen LogP contribution in [-0.4, -0.2) is 24.2 Å². The maximum Gasteiger partial charge on any atom is 0.303 e. The summed E-state index contributed by atoms with van der Waals surface area (Å²) in [5, 5.41) is 3.25. The van der Waals surface area contributed by atoms with Crippen molar-refractivity contribution in [3.05, 3.63) is 91.0 Å². The summed E-state index contributed by atoms with van der Waals surface area (Å²) in [6.45, 7) is -1.27. The van der Waals surface area contributed by atoms with Gasteiger partial charge in [-0.05, 0) is 28.6 Å². The highest BCUT2D eigenvalue weighted by Crippen LogP contribution is 2.43. The van der Waals surface area contributed by atoms with Gasteiger partial charge in [-0.15, -0.1) is 0 Å². The summed E-state index contributed by atoms with van der Waals surface area (Å²) in [7, 11) is 0. The zero-order chi connectivity index (χ0) is 19.1. The van der Waals surface area contributed by atoms with Crippen LogP contribution in [0.25, 0.3) is 0 Å². The van der Waals surface area contributed by atoms with E-state index < -0.39 is 12.9 Å². The first-order chi connectivity index (χ1) is 13.1. The summed E-state index contributed by atoms with van der Waals surface area (Å²) < 4.78 is 4.96. The van der Waals surface area contributed by atoms with Crippen LogP contribution in [0.5, 0.6) is 0 Å². The quantitative estimate of drug-likeness (QED) is 0.491. The summed E-state index contributed by atoms with van der Waals surface area (Å²) in [5.74, 6) is 1.12. The standard InChI is InChI=1S/C23H21O3P/c1-19(24)26-17-20(25)18-27(21-11-5-2-6-12-21,22-13-7-3-8-14-22)23-15-9-4-10-16-23/h2-16,18H,17H2,1H3. The van der Waals surface area contributed by atoms with Crippen molar-refractivity contribution in [2.24, 2.45) is 0 Å². The SMILES string of the molecule is CC(=O)OCC(=O)C=P(c1ccccc1)(c1ccccc1)c1ccccc1. The zero-order valence-electron chi connectivity index (χ0n) is 15.1. The maximum atomic E-state index is 12.8. The molecule has 3 aromatic rings. The number of esters is 1. The lowest BCUT2D eigenvalue weighted by molar-refractivity contribution is -0.144. The second kappa shape index (κ2) is 8.66.